The van der Waals surface area contributed by atoms with Crippen LogP contribution in [0.25, 0.3) is 0 Å². The van der Waals surface area contributed by atoms with E-state index in [9.17, 15) is 4.79 Å². The number of aryl methyl sites for hydroxylation is 2. The zero-order valence-corrected chi connectivity index (χ0v) is 18.9. The normalized spacial score (nSPS) is 23.5. The lowest BCUT2D eigenvalue weighted by atomic mass is 9.85. The Morgan fingerprint density at radius 3 is 2.54 bits per heavy atom. The van der Waals surface area contributed by atoms with Crippen molar-refractivity contribution in [2.75, 3.05) is 31.1 Å². The summed E-state index contributed by atoms with van der Waals surface area (Å²) >= 11 is 3.67. The summed E-state index contributed by atoms with van der Waals surface area (Å²) in [7, 11) is 0. The minimum Gasteiger partial charge on any atom is -0.357 e. The predicted molar refractivity (Wildman–Crippen MR) is 119 cm³/mol. The number of amides is 1. The van der Waals surface area contributed by atoms with Gasteiger partial charge in [-0.25, -0.2) is 9.98 Å². The Morgan fingerprint density at radius 2 is 1.93 bits per heavy atom. The molecule has 3 rings (SSSR count). The first-order valence-electron chi connectivity index (χ1n) is 10.4. The van der Waals surface area contributed by atoms with E-state index in [1.54, 1.807) is 11.3 Å². The molecule has 1 saturated heterocycles. The van der Waals surface area contributed by atoms with Crippen molar-refractivity contribution >= 4 is 35.0 Å². The summed E-state index contributed by atoms with van der Waals surface area (Å²) in [5, 5.41) is 8.04. The topological polar surface area (TPSA) is 69.6 Å². The highest BCUT2D eigenvalue weighted by atomic mass is 32.2. The molecule has 6 nitrogen and oxygen atoms in total. The SMILES string of the molecule is CCNC(=NCc1sc(C)nc1C)NC1CCC(C(=O)N2CCSCC2)CC1. The maximum atomic E-state index is 12.7. The third kappa shape index (κ3) is 5.86. The Labute approximate surface area is 177 Å². The Bertz CT molecular complexity index is 676. The Morgan fingerprint density at radius 1 is 1.21 bits per heavy atom. The van der Waals surface area contributed by atoms with Crippen LogP contribution in [0.2, 0.25) is 0 Å². The summed E-state index contributed by atoms with van der Waals surface area (Å²) in [6.45, 7) is 9.53. The standard InChI is InChI=1S/C20H33N5OS2/c1-4-21-20(22-13-18-14(2)23-15(3)28-18)24-17-7-5-16(6-8-17)19(26)25-9-11-27-12-10-25/h16-17H,4-13H2,1-3H3,(H2,21,22,24). The second kappa shape index (κ2) is 10.5. The molecule has 1 aliphatic heterocycles. The summed E-state index contributed by atoms with van der Waals surface area (Å²) in [5.41, 5.74) is 1.08. The quantitative estimate of drug-likeness (QED) is 0.563. The molecule has 0 atom stereocenters. The van der Waals surface area contributed by atoms with Gasteiger partial charge in [0.2, 0.25) is 5.91 Å². The second-order valence-corrected chi connectivity index (χ2v) is 10.1. The first kappa shape index (κ1) is 21.4. The van der Waals surface area contributed by atoms with Crippen LogP contribution in [0.1, 0.15) is 48.2 Å². The minimum atomic E-state index is 0.212. The molecule has 2 N–H and O–H groups in total. The highest BCUT2D eigenvalue weighted by Crippen LogP contribution is 2.27. The van der Waals surface area contributed by atoms with Gasteiger partial charge in [0.1, 0.15) is 0 Å². The van der Waals surface area contributed by atoms with Crippen molar-refractivity contribution in [3.8, 4) is 0 Å². The van der Waals surface area contributed by atoms with E-state index in [2.05, 4.69) is 27.4 Å². The number of hydrogen-bond donors (Lipinski definition) is 2. The van der Waals surface area contributed by atoms with Crippen LogP contribution >= 0.6 is 23.1 Å². The van der Waals surface area contributed by atoms with Crippen LogP contribution in [-0.2, 0) is 11.3 Å². The molecule has 0 radical (unpaired) electrons. The van der Waals surface area contributed by atoms with Gasteiger partial charge < -0.3 is 15.5 Å². The number of aromatic nitrogens is 1. The lowest BCUT2D eigenvalue weighted by Crippen LogP contribution is -2.47. The molecule has 1 saturated carbocycles. The van der Waals surface area contributed by atoms with Crippen LogP contribution in [0, 0.1) is 19.8 Å². The zero-order valence-electron chi connectivity index (χ0n) is 17.3. The minimum absolute atomic E-state index is 0.212. The Kier molecular flexibility index (Phi) is 8.02. The largest absolute Gasteiger partial charge is 0.357 e. The summed E-state index contributed by atoms with van der Waals surface area (Å²) in [4.78, 5) is 25.3. The predicted octanol–water partition coefficient (Wildman–Crippen LogP) is 2.95. The van der Waals surface area contributed by atoms with Crippen LogP contribution in [-0.4, -0.2) is 58.9 Å². The molecule has 0 spiro atoms. The van der Waals surface area contributed by atoms with Gasteiger partial charge in [-0.05, 0) is 46.5 Å². The lowest BCUT2D eigenvalue weighted by molar-refractivity contribution is -0.136. The highest BCUT2D eigenvalue weighted by Gasteiger charge is 2.30. The molecule has 8 heteroatoms. The summed E-state index contributed by atoms with van der Waals surface area (Å²) < 4.78 is 0. The van der Waals surface area contributed by atoms with Gasteiger partial charge in [0.05, 0.1) is 17.2 Å². The average molecular weight is 424 g/mol. The summed E-state index contributed by atoms with van der Waals surface area (Å²) in [6.07, 6.45) is 4.02. The molecule has 2 fully saturated rings. The molecule has 28 heavy (non-hydrogen) atoms. The number of carbonyl (C=O) groups is 1. The molecule has 0 bridgehead atoms. The number of guanidine groups is 1. The average Bonchev–Trinajstić information content (AvgIpc) is 3.04. The third-order valence-electron chi connectivity index (χ3n) is 5.46. The fourth-order valence-electron chi connectivity index (χ4n) is 3.91. The van der Waals surface area contributed by atoms with Crippen LogP contribution < -0.4 is 10.6 Å². The molecule has 1 aromatic rings. The van der Waals surface area contributed by atoms with Gasteiger partial charge in [0.15, 0.2) is 5.96 Å². The van der Waals surface area contributed by atoms with E-state index in [4.69, 9.17) is 4.99 Å². The Balaban J connectivity index is 1.50. The third-order valence-corrected chi connectivity index (χ3v) is 7.46. The number of thioether (sulfide) groups is 1. The van der Waals surface area contributed by atoms with E-state index in [1.165, 1.54) is 4.88 Å². The second-order valence-electron chi connectivity index (χ2n) is 7.57. The molecular formula is C20H33N5OS2. The molecule has 0 unspecified atom stereocenters. The van der Waals surface area contributed by atoms with Crippen molar-refractivity contribution in [3.05, 3.63) is 15.6 Å². The number of hydrogen-bond acceptors (Lipinski definition) is 5. The molecule has 2 aliphatic rings. The van der Waals surface area contributed by atoms with Gasteiger partial charge in [-0.3, -0.25) is 4.79 Å². The van der Waals surface area contributed by atoms with Crippen LogP contribution in [0.4, 0.5) is 0 Å². The zero-order chi connectivity index (χ0) is 19.9. The highest BCUT2D eigenvalue weighted by molar-refractivity contribution is 7.99. The first-order chi connectivity index (χ1) is 13.6. The number of aliphatic imine (C=N–C) groups is 1. The van der Waals surface area contributed by atoms with E-state index in [1.807, 2.05) is 25.6 Å². The van der Waals surface area contributed by atoms with Crippen LogP contribution in [0.3, 0.4) is 0 Å². The molecule has 0 aromatic carbocycles. The molecule has 1 amide bonds. The van der Waals surface area contributed by atoms with Crippen molar-refractivity contribution in [2.45, 2.75) is 59.0 Å². The van der Waals surface area contributed by atoms with Crippen molar-refractivity contribution in [1.29, 1.82) is 0 Å². The number of thiazole rings is 1. The van der Waals surface area contributed by atoms with Gasteiger partial charge in [0.25, 0.3) is 0 Å². The maximum absolute atomic E-state index is 12.7. The first-order valence-corrected chi connectivity index (χ1v) is 12.4. The summed E-state index contributed by atoms with van der Waals surface area (Å²) in [6, 6.07) is 0.392. The maximum Gasteiger partial charge on any atom is 0.225 e. The smallest absolute Gasteiger partial charge is 0.225 e. The monoisotopic (exact) mass is 423 g/mol. The van der Waals surface area contributed by atoms with E-state index in [0.717, 1.165) is 73.5 Å². The number of carbonyl (C=O) groups excluding carboxylic acids is 1. The fraction of sp³-hybridized carbons (Fsp3) is 0.750. The van der Waals surface area contributed by atoms with E-state index in [0.29, 0.717) is 18.5 Å². The van der Waals surface area contributed by atoms with Gasteiger partial charge in [-0.2, -0.15) is 11.8 Å². The van der Waals surface area contributed by atoms with Gasteiger partial charge >= 0.3 is 0 Å². The van der Waals surface area contributed by atoms with Gasteiger partial charge in [-0.1, -0.05) is 0 Å². The number of rotatable bonds is 5. The lowest BCUT2D eigenvalue weighted by Gasteiger charge is -2.34. The number of nitrogens with zero attached hydrogens (tertiary/aromatic N) is 3. The van der Waals surface area contributed by atoms with Crippen molar-refractivity contribution < 1.29 is 4.79 Å². The van der Waals surface area contributed by atoms with Gasteiger partial charge in [-0.15, -0.1) is 11.3 Å². The molecule has 1 aliphatic carbocycles. The van der Waals surface area contributed by atoms with E-state index >= 15 is 0 Å². The molecule has 2 heterocycles. The fourth-order valence-corrected chi connectivity index (χ4v) is 5.68. The molecular weight excluding hydrogens is 390 g/mol. The number of nitrogens with one attached hydrogen (secondary N) is 2. The van der Waals surface area contributed by atoms with Crippen molar-refractivity contribution in [2.24, 2.45) is 10.9 Å². The Hall–Kier alpha value is -1.28. The van der Waals surface area contributed by atoms with E-state index in [-0.39, 0.29) is 5.92 Å². The summed E-state index contributed by atoms with van der Waals surface area (Å²) in [5.74, 6) is 3.64. The van der Waals surface area contributed by atoms with Gasteiger partial charge in [0, 0.05) is 48.0 Å². The van der Waals surface area contributed by atoms with Crippen LogP contribution in [0.15, 0.2) is 4.99 Å². The van der Waals surface area contributed by atoms with Crippen molar-refractivity contribution in [3.63, 3.8) is 0 Å². The molecule has 1 aromatic heterocycles. The van der Waals surface area contributed by atoms with Crippen LogP contribution in [0.5, 0.6) is 0 Å². The molecule has 156 valence electrons. The van der Waals surface area contributed by atoms with E-state index < -0.39 is 0 Å². The van der Waals surface area contributed by atoms with Crippen molar-refractivity contribution in [1.82, 2.24) is 20.5 Å².